The van der Waals surface area contributed by atoms with Crippen molar-refractivity contribution in [3.8, 4) is 5.75 Å². The molecule has 1 aromatic carbocycles. The van der Waals surface area contributed by atoms with Crippen LogP contribution in [-0.4, -0.2) is 37.0 Å². The van der Waals surface area contributed by atoms with E-state index in [1.54, 1.807) is 7.11 Å². The molecule has 1 aromatic rings. The molecule has 0 aliphatic carbocycles. The topological polar surface area (TPSA) is 55.8 Å². The van der Waals surface area contributed by atoms with Crippen LogP contribution in [0.5, 0.6) is 5.75 Å². The minimum atomic E-state index is -0.440. The third kappa shape index (κ3) is 2.30. The molecule has 2 rings (SSSR count). The molecule has 1 heterocycles. The second-order valence-corrected chi connectivity index (χ2v) is 4.11. The van der Waals surface area contributed by atoms with Gasteiger partial charge in [0.1, 0.15) is 11.8 Å². The fourth-order valence-corrected chi connectivity index (χ4v) is 1.93. The Balaban J connectivity index is 2.03. The first kappa shape index (κ1) is 12.4. The summed E-state index contributed by atoms with van der Waals surface area (Å²) in [6.45, 7) is 0.419. The molecule has 0 bridgehead atoms. The molecule has 18 heavy (non-hydrogen) atoms. The van der Waals surface area contributed by atoms with Gasteiger partial charge in [0.15, 0.2) is 0 Å². The van der Waals surface area contributed by atoms with E-state index < -0.39 is 6.04 Å². The Morgan fingerprint density at radius 3 is 2.50 bits per heavy atom. The number of methoxy groups -OCH3 is 2. The third-order valence-electron chi connectivity index (χ3n) is 3.05. The van der Waals surface area contributed by atoms with Gasteiger partial charge in [0.05, 0.1) is 20.6 Å². The zero-order valence-corrected chi connectivity index (χ0v) is 10.4. The Bertz CT molecular complexity index is 455. The van der Waals surface area contributed by atoms with E-state index in [4.69, 9.17) is 4.74 Å². The zero-order valence-electron chi connectivity index (χ0n) is 10.4. The Morgan fingerprint density at radius 2 is 2.00 bits per heavy atom. The molecule has 1 saturated heterocycles. The summed E-state index contributed by atoms with van der Waals surface area (Å²) in [5.74, 6) is 0.377. The van der Waals surface area contributed by atoms with E-state index >= 15 is 0 Å². The summed E-state index contributed by atoms with van der Waals surface area (Å²) in [6, 6.07) is 6.96. The van der Waals surface area contributed by atoms with Crippen molar-refractivity contribution in [1.29, 1.82) is 0 Å². The number of ether oxygens (including phenoxy) is 2. The van der Waals surface area contributed by atoms with Crippen molar-refractivity contribution in [3.05, 3.63) is 29.8 Å². The van der Waals surface area contributed by atoms with Gasteiger partial charge >= 0.3 is 5.97 Å². The molecule has 0 N–H and O–H groups in total. The molecule has 1 atom stereocenters. The lowest BCUT2D eigenvalue weighted by molar-refractivity contribution is -0.165. The van der Waals surface area contributed by atoms with Crippen LogP contribution < -0.4 is 4.74 Å². The maximum atomic E-state index is 11.5. The molecule has 1 fully saturated rings. The number of hydrogen-bond acceptors (Lipinski definition) is 4. The van der Waals surface area contributed by atoms with E-state index in [0.717, 1.165) is 11.3 Å². The molecule has 1 amide bonds. The van der Waals surface area contributed by atoms with Gasteiger partial charge in [-0.2, -0.15) is 0 Å². The fraction of sp³-hybridized carbons (Fsp3) is 0.385. The highest BCUT2D eigenvalue weighted by Gasteiger charge is 2.41. The van der Waals surface area contributed by atoms with Gasteiger partial charge in [0, 0.05) is 6.54 Å². The number of amides is 1. The predicted molar refractivity (Wildman–Crippen MR) is 64.0 cm³/mol. The minimum Gasteiger partial charge on any atom is -0.497 e. The van der Waals surface area contributed by atoms with E-state index in [-0.39, 0.29) is 18.3 Å². The average Bonchev–Trinajstić information content (AvgIpc) is 2.42. The van der Waals surface area contributed by atoms with Gasteiger partial charge in [-0.1, -0.05) is 12.1 Å². The van der Waals surface area contributed by atoms with E-state index in [1.165, 1.54) is 12.0 Å². The molecular weight excluding hydrogens is 234 g/mol. The van der Waals surface area contributed by atoms with Gasteiger partial charge in [-0.3, -0.25) is 4.79 Å². The van der Waals surface area contributed by atoms with Crippen LogP contribution in [0, 0.1) is 0 Å². The fourth-order valence-electron chi connectivity index (χ4n) is 1.93. The number of rotatable bonds is 4. The summed E-state index contributed by atoms with van der Waals surface area (Å²) in [5, 5.41) is 0. The zero-order chi connectivity index (χ0) is 13.1. The first-order valence-corrected chi connectivity index (χ1v) is 5.66. The summed E-state index contributed by atoms with van der Waals surface area (Å²) in [6.07, 6.45) is 0.239. The number of hydrogen-bond donors (Lipinski definition) is 0. The summed E-state index contributed by atoms with van der Waals surface area (Å²) < 4.78 is 9.71. The lowest BCUT2D eigenvalue weighted by Gasteiger charge is -2.38. The first-order valence-electron chi connectivity index (χ1n) is 5.66. The second-order valence-electron chi connectivity index (χ2n) is 4.11. The van der Waals surface area contributed by atoms with Crippen LogP contribution in [0.2, 0.25) is 0 Å². The molecule has 5 nitrogen and oxygen atoms in total. The average molecular weight is 249 g/mol. The largest absolute Gasteiger partial charge is 0.497 e. The van der Waals surface area contributed by atoms with Gasteiger partial charge in [-0.25, -0.2) is 4.79 Å². The van der Waals surface area contributed by atoms with Gasteiger partial charge in [0.2, 0.25) is 5.91 Å². The van der Waals surface area contributed by atoms with Crippen LogP contribution in [0.3, 0.4) is 0 Å². The maximum absolute atomic E-state index is 11.5. The summed E-state index contributed by atoms with van der Waals surface area (Å²) in [7, 11) is 2.93. The van der Waals surface area contributed by atoms with Crippen LogP contribution in [0.4, 0.5) is 0 Å². The summed E-state index contributed by atoms with van der Waals surface area (Å²) >= 11 is 0. The van der Waals surface area contributed by atoms with Gasteiger partial charge in [0.25, 0.3) is 0 Å². The quantitative estimate of drug-likeness (QED) is 0.589. The number of carbonyl (C=O) groups excluding carboxylic acids is 2. The van der Waals surface area contributed by atoms with Crippen molar-refractivity contribution in [3.63, 3.8) is 0 Å². The van der Waals surface area contributed by atoms with Crippen molar-refractivity contribution in [2.45, 2.75) is 19.0 Å². The van der Waals surface area contributed by atoms with Crippen molar-refractivity contribution in [2.75, 3.05) is 14.2 Å². The number of carbonyl (C=O) groups is 2. The summed E-state index contributed by atoms with van der Waals surface area (Å²) in [4.78, 5) is 24.4. The monoisotopic (exact) mass is 249 g/mol. The molecule has 96 valence electrons. The van der Waals surface area contributed by atoms with E-state index in [2.05, 4.69) is 4.74 Å². The van der Waals surface area contributed by atoms with Crippen molar-refractivity contribution < 1.29 is 19.1 Å². The van der Waals surface area contributed by atoms with Gasteiger partial charge < -0.3 is 14.4 Å². The highest BCUT2D eigenvalue weighted by atomic mass is 16.5. The van der Waals surface area contributed by atoms with Crippen LogP contribution in [0.25, 0.3) is 0 Å². The van der Waals surface area contributed by atoms with E-state index in [0.29, 0.717) is 6.54 Å². The summed E-state index contributed by atoms with van der Waals surface area (Å²) in [5.41, 5.74) is 0.956. The second kappa shape index (κ2) is 5.08. The molecule has 1 unspecified atom stereocenters. The van der Waals surface area contributed by atoms with Crippen molar-refractivity contribution in [1.82, 2.24) is 4.90 Å². The standard InChI is InChI=1S/C13H15NO4/c1-17-10-5-3-9(4-6-10)8-14-11(7-12(14)15)13(16)18-2/h3-6,11H,7-8H2,1-2H3. The normalized spacial score (nSPS) is 18.2. The lowest BCUT2D eigenvalue weighted by Crippen LogP contribution is -2.56. The third-order valence-corrected chi connectivity index (χ3v) is 3.05. The number of esters is 1. The van der Waals surface area contributed by atoms with Crippen LogP contribution in [0.1, 0.15) is 12.0 Å². The SMILES string of the molecule is COC(=O)C1CC(=O)N1Cc1ccc(OC)cc1. The Kier molecular flexibility index (Phi) is 3.50. The molecule has 0 aromatic heterocycles. The first-order chi connectivity index (χ1) is 8.65. The highest BCUT2D eigenvalue weighted by molar-refractivity contribution is 5.94. The predicted octanol–water partition coefficient (Wildman–Crippen LogP) is 0.969. The molecule has 0 spiro atoms. The van der Waals surface area contributed by atoms with Gasteiger partial charge in [-0.05, 0) is 17.7 Å². The smallest absolute Gasteiger partial charge is 0.329 e. The van der Waals surface area contributed by atoms with Crippen LogP contribution in [-0.2, 0) is 20.9 Å². The Morgan fingerprint density at radius 1 is 1.33 bits per heavy atom. The molecule has 0 saturated carbocycles. The van der Waals surface area contributed by atoms with Crippen LogP contribution >= 0.6 is 0 Å². The number of β-lactam (4-membered cyclic amide) rings is 1. The van der Waals surface area contributed by atoms with E-state index in [9.17, 15) is 9.59 Å². The molecule has 1 aliphatic heterocycles. The highest BCUT2D eigenvalue weighted by Crippen LogP contribution is 2.24. The number of benzene rings is 1. The van der Waals surface area contributed by atoms with Crippen LogP contribution in [0.15, 0.2) is 24.3 Å². The minimum absolute atomic E-state index is 0.0266. The van der Waals surface area contributed by atoms with Crippen molar-refractivity contribution in [2.24, 2.45) is 0 Å². The Labute approximate surface area is 105 Å². The lowest BCUT2D eigenvalue weighted by atomic mass is 10.0. The number of likely N-dealkylation sites (tertiary alicyclic amines) is 1. The Hall–Kier alpha value is -2.04. The molecule has 1 aliphatic rings. The molecular formula is C13H15NO4. The molecule has 0 radical (unpaired) electrons. The van der Waals surface area contributed by atoms with E-state index in [1.807, 2.05) is 24.3 Å². The number of nitrogens with zero attached hydrogens (tertiary/aromatic N) is 1. The molecule has 5 heteroatoms. The van der Waals surface area contributed by atoms with Gasteiger partial charge in [-0.15, -0.1) is 0 Å². The maximum Gasteiger partial charge on any atom is 0.329 e. The van der Waals surface area contributed by atoms with Crippen molar-refractivity contribution >= 4 is 11.9 Å².